The predicted molar refractivity (Wildman–Crippen MR) is 85.3 cm³/mol. The second kappa shape index (κ2) is 7.41. The van der Waals surface area contributed by atoms with Gasteiger partial charge < -0.3 is 15.5 Å². The molecule has 0 saturated carbocycles. The molecule has 4 heteroatoms. The molecule has 0 saturated heterocycles. The third-order valence-electron chi connectivity index (χ3n) is 3.38. The SMILES string of the molecule is CSC1=CCCC=C1CNCCc1ccc(O)cc1O. The second-order valence-corrected chi connectivity index (χ2v) is 5.67. The molecule has 2 rings (SSSR count). The molecule has 0 bridgehead atoms. The molecular formula is C16H21NO2S. The van der Waals surface area contributed by atoms with E-state index in [0.29, 0.717) is 0 Å². The monoisotopic (exact) mass is 291 g/mol. The fourth-order valence-corrected chi connectivity index (χ4v) is 2.99. The van der Waals surface area contributed by atoms with Crippen molar-refractivity contribution in [3.05, 3.63) is 46.4 Å². The van der Waals surface area contributed by atoms with Crippen LogP contribution in [0.1, 0.15) is 18.4 Å². The summed E-state index contributed by atoms with van der Waals surface area (Å²) in [6.07, 6.45) is 9.72. The van der Waals surface area contributed by atoms with E-state index in [1.54, 1.807) is 23.9 Å². The fraction of sp³-hybridized carbons (Fsp3) is 0.375. The zero-order valence-corrected chi connectivity index (χ0v) is 12.5. The summed E-state index contributed by atoms with van der Waals surface area (Å²) >= 11 is 1.80. The normalized spacial score (nSPS) is 14.8. The molecular weight excluding hydrogens is 270 g/mol. The minimum absolute atomic E-state index is 0.0984. The number of hydrogen-bond donors (Lipinski definition) is 3. The highest BCUT2D eigenvalue weighted by atomic mass is 32.2. The van der Waals surface area contributed by atoms with Gasteiger partial charge in [-0.05, 0) is 49.3 Å². The van der Waals surface area contributed by atoms with Gasteiger partial charge in [-0.15, -0.1) is 11.8 Å². The number of phenols is 2. The van der Waals surface area contributed by atoms with Crippen molar-refractivity contribution in [1.82, 2.24) is 5.32 Å². The minimum atomic E-state index is 0.0984. The van der Waals surface area contributed by atoms with Crippen LogP contribution < -0.4 is 5.32 Å². The van der Waals surface area contributed by atoms with E-state index >= 15 is 0 Å². The van der Waals surface area contributed by atoms with Crippen molar-refractivity contribution in [2.24, 2.45) is 0 Å². The lowest BCUT2D eigenvalue weighted by molar-refractivity contribution is 0.445. The molecule has 0 heterocycles. The van der Waals surface area contributed by atoms with Crippen LogP contribution in [0.2, 0.25) is 0 Å². The average molecular weight is 291 g/mol. The standard InChI is InChI=1S/C16H21NO2S/c1-20-16-5-3-2-4-13(16)11-17-9-8-12-6-7-14(18)10-15(12)19/h4-7,10,17-19H,2-3,8-9,11H2,1H3. The van der Waals surface area contributed by atoms with Gasteiger partial charge in [0, 0.05) is 17.5 Å². The molecule has 108 valence electrons. The summed E-state index contributed by atoms with van der Waals surface area (Å²) in [5.74, 6) is 0.259. The summed E-state index contributed by atoms with van der Waals surface area (Å²) < 4.78 is 0. The van der Waals surface area contributed by atoms with Crippen molar-refractivity contribution in [3.63, 3.8) is 0 Å². The van der Waals surface area contributed by atoms with Gasteiger partial charge in [-0.1, -0.05) is 18.2 Å². The summed E-state index contributed by atoms with van der Waals surface area (Å²) in [7, 11) is 0. The van der Waals surface area contributed by atoms with Crippen molar-refractivity contribution in [3.8, 4) is 11.5 Å². The van der Waals surface area contributed by atoms with E-state index in [0.717, 1.165) is 37.9 Å². The first-order valence-corrected chi connectivity index (χ1v) is 8.08. The molecule has 3 nitrogen and oxygen atoms in total. The zero-order valence-electron chi connectivity index (χ0n) is 11.7. The molecule has 20 heavy (non-hydrogen) atoms. The van der Waals surface area contributed by atoms with Crippen LogP contribution in [0, 0.1) is 0 Å². The third kappa shape index (κ3) is 4.05. The van der Waals surface area contributed by atoms with Crippen molar-refractivity contribution in [1.29, 1.82) is 0 Å². The predicted octanol–water partition coefficient (Wildman–Crippen LogP) is 3.20. The Kier molecular flexibility index (Phi) is 5.56. The van der Waals surface area contributed by atoms with Gasteiger partial charge in [0.1, 0.15) is 11.5 Å². The Morgan fingerprint density at radius 1 is 1.20 bits per heavy atom. The quantitative estimate of drug-likeness (QED) is 0.705. The highest BCUT2D eigenvalue weighted by Crippen LogP contribution is 2.26. The van der Waals surface area contributed by atoms with Crippen molar-refractivity contribution in [2.75, 3.05) is 19.3 Å². The Balaban J connectivity index is 1.79. The van der Waals surface area contributed by atoms with Crippen LogP contribution in [0.25, 0.3) is 0 Å². The summed E-state index contributed by atoms with van der Waals surface area (Å²) in [6.45, 7) is 1.67. The number of hydrogen-bond acceptors (Lipinski definition) is 4. The lowest BCUT2D eigenvalue weighted by Gasteiger charge is -2.15. The van der Waals surface area contributed by atoms with Gasteiger partial charge in [0.15, 0.2) is 0 Å². The highest BCUT2D eigenvalue weighted by Gasteiger charge is 2.07. The second-order valence-electron chi connectivity index (χ2n) is 4.82. The Bertz CT molecular complexity index is 523. The van der Waals surface area contributed by atoms with Crippen molar-refractivity contribution >= 4 is 11.8 Å². The Labute approximate surface area is 124 Å². The molecule has 0 atom stereocenters. The van der Waals surface area contributed by atoms with Crippen LogP contribution in [0.3, 0.4) is 0 Å². The average Bonchev–Trinajstić information content (AvgIpc) is 2.46. The third-order valence-corrected chi connectivity index (χ3v) is 4.25. The Hall–Kier alpha value is -1.39. The summed E-state index contributed by atoms with van der Waals surface area (Å²) in [5, 5.41) is 22.4. The molecule has 1 aromatic rings. The number of benzene rings is 1. The van der Waals surface area contributed by atoms with Crippen LogP contribution in [0.15, 0.2) is 40.8 Å². The number of allylic oxidation sites excluding steroid dienone is 2. The van der Waals surface area contributed by atoms with Crippen LogP contribution in [0.4, 0.5) is 0 Å². The number of rotatable bonds is 6. The number of thioether (sulfide) groups is 1. The topological polar surface area (TPSA) is 52.5 Å². The largest absolute Gasteiger partial charge is 0.508 e. The van der Waals surface area contributed by atoms with Crippen LogP contribution in [-0.4, -0.2) is 29.6 Å². The summed E-state index contributed by atoms with van der Waals surface area (Å²) in [5.41, 5.74) is 2.23. The van der Waals surface area contributed by atoms with E-state index < -0.39 is 0 Å². The molecule has 0 amide bonds. The summed E-state index contributed by atoms with van der Waals surface area (Å²) in [6, 6.07) is 4.75. The first-order valence-electron chi connectivity index (χ1n) is 6.86. The highest BCUT2D eigenvalue weighted by molar-refractivity contribution is 8.02. The van der Waals surface area contributed by atoms with E-state index in [-0.39, 0.29) is 11.5 Å². The van der Waals surface area contributed by atoms with E-state index in [4.69, 9.17) is 0 Å². The lowest BCUT2D eigenvalue weighted by atomic mass is 10.1. The van der Waals surface area contributed by atoms with Gasteiger partial charge >= 0.3 is 0 Å². The lowest BCUT2D eigenvalue weighted by Crippen LogP contribution is -2.21. The van der Waals surface area contributed by atoms with Gasteiger partial charge in [-0.2, -0.15) is 0 Å². The number of phenolic OH excluding ortho intramolecular Hbond substituents is 2. The maximum absolute atomic E-state index is 9.71. The van der Waals surface area contributed by atoms with E-state index in [1.807, 2.05) is 0 Å². The van der Waals surface area contributed by atoms with Crippen LogP contribution >= 0.6 is 11.8 Å². The smallest absolute Gasteiger partial charge is 0.122 e. The van der Waals surface area contributed by atoms with E-state index in [1.165, 1.54) is 16.5 Å². The van der Waals surface area contributed by atoms with Gasteiger partial charge in [0.2, 0.25) is 0 Å². The van der Waals surface area contributed by atoms with Crippen LogP contribution in [-0.2, 0) is 6.42 Å². The fourth-order valence-electron chi connectivity index (χ4n) is 2.29. The molecule has 0 radical (unpaired) electrons. The molecule has 3 N–H and O–H groups in total. The Morgan fingerprint density at radius 2 is 2.00 bits per heavy atom. The van der Waals surface area contributed by atoms with Gasteiger partial charge in [-0.3, -0.25) is 0 Å². The molecule has 0 aliphatic heterocycles. The van der Waals surface area contributed by atoms with Gasteiger partial charge in [0.25, 0.3) is 0 Å². The van der Waals surface area contributed by atoms with Crippen molar-refractivity contribution in [2.45, 2.75) is 19.3 Å². The first-order chi connectivity index (χ1) is 9.70. The Morgan fingerprint density at radius 3 is 2.75 bits per heavy atom. The molecule has 0 fully saturated rings. The zero-order chi connectivity index (χ0) is 14.4. The molecule has 1 aromatic carbocycles. The summed E-state index contributed by atoms with van der Waals surface area (Å²) in [4.78, 5) is 1.37. The first kappa shape index (κ1) is 15.0. The van der Waals surface area contributed by atoms with E-state index in [2.05, 4.69) is 23.7 Å². The molecule has 0 spiro atoms. The van der Waals surface area contributed by atoms with E-state index in [9.17, 15) is 10.2 Å². The number of nitrogens with one attached hydrogen (secondary N) is 1. The van der Waals surface area contributed by atoms with Gasteiger partial charge in [0.05, 0.1) is 0 Å². The minimum Gasteiger partial charge on any atom is -0.508 e. The molecule has 1 aliphatic rings. The molecule has 0 aromatic heterocycles. The maximum atomic E-state index is 9.71. The number of aromatic hydroxyl groups is 2. The maximum Gasteiger partial charge on any atom is 0.122 e. The van der Waals surface area contributed by atoms with Crippen molar-refractivity contribution < 1.29 is 10.2 Å². The molecule has 0 unspecified atom stereocenters. The van der Waals surface area contributed by atoms with Crippen LogP contribution in [0.5, 0.6) is 11.5 Å². The van der Waals surface area contributed by atoms with Gasteiger partial charge in [-0.25, -0.2) is 0 Å². The molecule has 1 aliphatic carbocycles.